The standard InChI is InChI=1S/C17H13Cl2NO/c18-14-6-3-7-16(20)13(14)10-21-17-9-8-15(19)11-4-1-2-5-12(11)17/h1-9H,10,20H2. The van der Waals surface area contributed by atoms with Gasteiger partial charge in [0.05, 0.1) is 0 Å². The minimum atomic E-state index is 0.317. The Morgan fingerprint density at radius 3 is 2.33 bits per heavy atom. The van der Waals surface area contributed by atoms with E-state index >= 15 is 0 Å². The van der Waals surface area contributed by atoms with Gasteiger partial charge >= 0.3 is 0 Å². The zero-order chi connectivity index (χ0) is 14.8. The largest absolute Gasteiger partial charge is 0.488 e. The van der Waals surface area contributed by atoms with Gasteiger partial charge in [-0.1, -0.05) is 53.5 Å². The first-order valence-electron chi connectivity index (χ1n) is 6.50. The topological polar surface area (TPSA) is 35.2 Å². The molecule has 0 radical (unpaired) electrons. The number of halogens is 2. The van der Waals surface area contributed by atoms with Crippen molar-refractivity contribution in [3.8, 4) is 5.75 Å². The summed E-state index contributed by atoms with van der Waals surface area (Å²) in [6.07, 6.45) is 0. The summed E-state index contributed by atoms with van der Waals surface area (Å²) < 4.78 is 5.90. The normalized spacial score (nSPS) is 10.8. The molecule has 106 valence electrons. The van der Waals surface area contributed by atoms with Crippen molar-refractivity contribution in [2.45, 2.75) is 6.61 Å². The van der Waals surface area contributed by atoms with Gasteiger partial charge < -0.3 is 10.5 Å². The molecule has 2 nitrogen and oxygen atoms in total. The summed E-state index contributed by atoms with van der Waals surface area (Å²) in [4.78, 5) is 0. The van der Waals surface area contributed by atoms with E-state index in [9.17, 15) is 0 Å². The fourth-order valence-corrected chi connectivity index (χ4v) is 2.70. The quantitative estimate of drug-likeness (QED) is 0.664. The Kier molecular flexibility index (Phi) is 3.91. The first kappa shape index (κ1) is 14.1. The van der Waals surface area contributed by atoms with Crippen LogP contribution in [0.2, 0.25) is 10.0 Å². The molecule has 4 heteroatoms. The smallest absolute Gasteiger partial charge is 0.127 e. The van der Waals surface area contributed by atoms with E-state index in [-0.39, 0.29) is 0 Å². The van der Waals surface area contributed by atoms with Crippen LogP contribution in [-0.4, -0.2) is 0 Å². The van der Waals surface area contributed by atoms with E-state index in [0.29, 0.717) is 22.3 Å². The van der Waals surface area contributed by atoms with E-state index in [1.54, 1.807) is 6.07 Å². The summed E-state index contributed by atoms with van der Waals surface area (Å²) in [5.41, 5.74) is 7.35. The van der Waals surface area contributed by atoms with Crippen molar-refractivity contribution in [1.82, 2.24) is 0 Å². The summed E-state index contributed by atoms with van der Waals surface area (Å²) in [7, 11) is 0. The Balaban J connectivity index is 1.94. The second-order valence-corrected chi connectivity index (χ2v) is 5.50. The molecule has 0 unspecified atom stereocenters. The van der Waals surface area contributed by atoms with Gasteiger partial charge in [0.1, 0.15) is 12.4 Å². The van der Waals surface area contributed by atoms with Crippen LogP contribution in [0.25, 0.3) is 10.8 Å². The zero-order valence-corrected chi connectivity index (χ0v) is 12.7. The first-order valence-corrected chi connectivity index (χ1v) is 7.25. The maximum Gasteiger partial charge on any atom is 0.127 e. The van der Waals surface area contributed by atoms with Gasteiger partial charge in [-0.05, 0) is 24.3 Å². The lowest BCUT2D eigenvalue weighted by molar-refractivity contribution is 0.311. The van der Waals surface area contributed by atoms with Crippen LogP contribution in [-0.2, 0) is 6.61 Å². The molecule has 21 heavy (non-hydrogen) atoms. The second kappa shape index (κ2) is 5.84. The molecule has 0 aromatic heterocycles. The van der Waals surface area contributed by atoms with Crippen LogP contribution in [0.15, 0.2) is 54.6 Å². The second-order valence-electron chi connectivity index (χ2n) is 4.69. The van der Waals surface area contributed by atoms with Gasteiger partial charge in [-0.15, -0.1) is 0 Å². The number of nitrogens with two attached hydrogens (primary N) is 1. The van der Waals surface area contributed by atoms with Crippen LogP contribution in [0.4, 0.5) is 5.69 Å². The summed E-state index contributed by atoms with van der Waals surface area (Å²) in [6, 6.07) is 17.0. The van der Waals surface area contributed by atoms with Gasteiger partial charge in [0, 0.05) is 32.1 Å². The van der Waals surface area contributed by atoms with Gasteiger partial charge in [0.15, 0.2) is 0 Å². The molecule has 3 aromatic rings. The van der Waals surface area contributed by atoms with Crippen molar-refractivity contribution in [3.05, 3.63) is 70.2 Å². The molecule has 0 saturated carbocycles. The SMILES string of the molecule is Nc1cccc(Cl)c1COc1ccc(Cl)c2ccccc12. The molecule has 0 amide bonds. The number of benzene rings is 3. The van der Waals surface area contributed by atoms with Crippen LogP contribution in [0, 0.1) is 0 Å². The Bertz CT molecular complexity index is 782. The Morgan fingerprint density at radius 2 is 1.57 bits per heavy atom. The molecule has 3 aromatic carbocycles. The minimum absolute atomic E-state index is 0.317. The van der Waals surface area contributed by atoms with Crippen LogP contribution in [0.3, 0.4) is 0 Å². The Hall–Kier alpha value is -1.90. The molecule has 0 bridgehead atoms. The van der Waals surface area contributed by atoms with E-state index in [4.69, 9.17) is 33.7 Å². The fourth-order valence-electron chi connectivity index (χ4n) is 2.24. The zero-order valence-electron chi connectivity index (χ0n) is 11.1. The molecule has 0 aliphatic heterocycles. The van der Waals surface area contributed by atoms with Gasteiger partial charge in [-0.3, -0.25) is 0 Å². The predicted octanol–water partition coefficient (Wildman–Crippen LogP) is 5.31. The van der Waals surface area contributed by atoms with Crippen LogP contribution < -0.4 is 10.5 Å². The number of fused-ring (bicyclic) bond motifs is 1. The highest BCUT2D eigenvalue weighted by atomic mass is 35.5. The number of ether oxygens (including phenoxy) is 1. The first-order chi connectivity index (χ1) is 10.2. The third-order valence-electron chi connectivity index (χ3n) is 3.36. The maximum absolute atomic E-state index is 6.20. The van der Waals surface area contributed by atoms with Gasteiger partial charge in [-0.2, -0.15) is 0 Å². The molecule has 0 saturated heterocycles. The Labute approximate surface area is 133 Å². The van der Waals surface area contributed by atoms with Crippen molar-refractivity contribution in [2.24, 2.45) is 0 Å². The monoisotopic (exact) mass is 317 g/mol. The third-order valence-corrected chi connectivity index (χ3v) is 4.04. The summed E-state index contributed by atoms with van der Waals surface area (Å²) in [5, 5.41) is 3.24. The highest BCUT2D eigenvalue weighted by Crippen LogP contribution is 2.32. The van der Waals surface area contributed by atoms with Gasteiger partial charge in [0.2, 0.25) is 0 Å². The molecule has 0 aliphatic rings. The van der Waals surface area contributed by atoms with E-state index in [1.165, 1.54) is 0 Å². The number of rotatable bonds is 3. The van der Waals surface area contributed by atoms with Crippen LogP contribution >= 0.6 is 23.2 Å². The lowest BCUT2D eigenvalue weighted by Crippen LogP contribution is -2.01. The lowest BCUT2D eigenvalue weighted by Gasteiger charge is -2.12. The molecular weight excluding hydrogens is 305 g/mol. The predicted molar refractivity (Wildman–Crippen MR) is 89.2 cm³/mol. The molecule has 0 fully saturated rings. The average molecular weight is 318 g/mol. The van der Waals surface area contributed by atoms with Crippen LogP contribution in [0.1, 0.15) is 5.56 Å². The van der Waals surface area contributed by atoms with Gasteiger partial charge in [0.25, 0.3) is 0 Å². The molecule has 2 N–H and O–H groups in total. The van der Waals surface area contributed by atoms with E-state index in [1.807, 2.05) is 48.5 Å². The van der Waals surface area contributed by atoms with Crippen molar-refractivity contribution >= 4 is 39.7 Å². The number of hydrogen-bond donors (Lipinski definition) is 1. The van der Waals surface area contributed by atoms with Crippen molar-refractivity contribution in [3.63, 3.8) is 0 Å². The van der Waals surface area contributed by atoms with E-state index in [2.05, 4.69) is 0 Å². The maximum atomic E-state index is 6.20. The van der Waals surface area contributed by atoms with Crippen molar-refractivity contribution in [2.75, 3.05) is 5.73 Å². The average Bonchev–Trinajstić information content (AvgIpc) is 2.49. The number of hydrogen-bond acceptors (Lipinski definition) is 2. The molecule has 0 heterocycles. The van der Waals surface area contributed by atoms with Crippen molar-refractivity contribution < 1.29 is 4.74 Å². The summed E-state index contributed by atoms with van der Waals surface area (Å²) in [6.45, 7) is 0.317. The Morgan fingerprint density at radius 1 is 0.810 bits per heavy atom. The van der Waals surface area contributed by atoms with Crippen LogP contribution in [0.5, 0.6) is 5.75 Å². The highest BCUT2D eigenvalue weighted by Gasteiger charge is 2.08. The highest BCUT2D eigenvalue weighted by molar-refractivity contribution is 6.35. The third kappa shape index (κ3) is 2.78. The van der Waals surface area contributed by atoms with Gasteiger partial charge in [-0.25, -0.2) is 0 Å². The fraction of sp³-hybridized carbons (Fsp3) is 0.0588. The molecular formula is C17H13Cl2NO. The summed E-state index contributed by atoms with van der Waals surface area (Å²) in [5.74, 6) is 0.759. The van der Waals surface area contributed by atoms with E-state index < -0.39 is 0 Å². The molecule has 0 spiro atoms. The van der Waals surface area contributed by atoms with Crippen molar-refractivity contribution in [1.29, 1.82) is 0 Å². The molecule has 0 aliphatic carbocycles. The number of nitrogen functional groups attached to an aromatic ring is 1. The molecule has 3 rings (SSSR count). The summed E-state index contributed by atoms with van der Waals surface area (Å²) >= 11 is 12.4. The van der Waals surface area contributed by atoms with E-state index in [0.717, 1.165) is 22.1 Å². The number of anilines is 1. The lowest BCUT2D eigenvalue weighted by atomic mass is 10.1. The molecule has 0 atom stereocenters. The minimum Gasteiger partial charge on any atom is -0.488 e.